The molecule has 28 nitrogen and oxygen atoms in total. The van der Waals surface area contributed by atoms with Crippen molar-refractivity contribution in [2.75, 3.05) is 11.5 Å². The number of nitrogens with two attached hydrogens (primary N) is 2. The maximum atomic E-state index is 11.3. The molecule has 0 spiro atoms. The second-order valence-corrected chi connectivity index (χ2v) is 15.6. The highest BCUT2D eigenvalue weighted by molar-refractivity contribution is 6.16. The molecule has 0 bridgehead atoms. The summed E-state index contributed by atoms with van der Waals surface area (Å²) in [4.78, 5) is 84.6. The van der Waals surface area contributed by atoms with Gasteiger partial charge in [0.1, 0.15) is 0 Å². The van der Waals surface area contributed by atoms with Gasteiger partial charge in [-0.15, -0.1) is 0 Å². The highest BCUT2D eigenvalue weighted by atomic mass is 16.6. The Hall–Kier alpha value is -12.0. The van der Waals surface area contributed by atoms with Crippen molar-refractivity contribution in [2.24, 2.45) is 0 Å². The van der Waals surface area contributed by atoms with Gasteiger partial charge in [-0.2, -0.15) is 0 Å². The number of rotatable bonds is 8. The van der Waals surface area contributed by atoms with Crippen LogP contribution in [-0.4, -0.2) is 52.4 Å². The number of hydrogen-bond donors (Lipinski definition) is 2. The molecular weight excluding hydrogens is 1050 g/mol. The SMILES string of the molecule is Nc1cc[nH+]cc1.Nc1cc[nH+]cc1.O.O.O=C([O-])c1c2ccccc2cc2ccccc12.O=C([O-])c1c2ccccc2cc2ccccc12.O=[N+]([O-])c1cc([N+](=O)[O-])cc([N+](=O)[O-])c1.O=[N+]([O-])c1cc([N+](=O)[O-])cc([N+](=O)[O-])c1. The number of carbonyl (C=O) groups is 2. The molecule has 0 fully saturated rings. The largest absolute Gasteiger partial charge is 0.545 e. The van der Waals surface area contributed by atoms with Crippen LogP contribution in [-0.2, 0) is 0 Å². The minimum atomic E-state index is -1.13. The van der Waals surface area contributed by atoms with Crippen molar-refractivity contribution >= 4 is 101 Å². The molecule has 0 saturated heterocycles. The van der Waals surface area contributed by atoms with Crippen molar-refractivity contribution in [1.82, 2.24) is 0 Å². The Morgan fingerprint density at radius 3 is 0.662 bits per heavy atom. The van der Waals surface area contributed by atoms with E-state index in [2.05, 4.69) is 9.97 Å². The van der Waals surface area contributed by atoms with Gasteiger partial charge in [-0.1, -0.05) is 97.1 Å². The van der Waals surface area contributed by atoms with Gasteiger partial charge in [0.15, 0.2) is 24.8 Å². The minimum absolute atomic E-state index is 0. The summed E-state index contributed by atoms with van der Waals surface area (Å²) in [6.07, 6.45) is 7.15. The summed E-state index contributed by atoms with van der Waals surface area (Å²) < 4.78 is 0. The smallest absolute Gasteiger partial charge is 0.283 e. The molecule has 8 aromatic carbocycles. The lowest BCUT2D eigenvalue weighted by Crippen LogP contribution is -2.22. The normalized spacial score (nSPS) is 9.70. The van der Waals surface area contributed by atoms with Gasteiger partial charge in [0.25, 0.3) is 34.1 Å². The predicted octanol–water partition coefficient (Wildman–Crippen LogP) is 6.05. The van der Waals surface area contributed by atoms with Crippen LogP contribution in [0.3, 0.4) is 0 Å². The lowest BCUT2D eigenvalue weighted by Gasteiger charge is -2.11. The molecule has 0 amide bonds. The Bertz CT molecular complexity index is 3380. The third-order valence-corrected chi connectivity index (χ3v) is 10.5. The van der Waals surface area contributed by atoms with E-state index >= 15 is 0 Å². The number of nitro benzene ring substituents is 6. The summed E-state index contributed by atoms with van der Waals surface area (Å²) in [6.45, 7) is 0. The molecule has 0 saturated carbocycles. The monoisotopic (exact) mass is 1090 g/mol. The van der Waals surface area contributed by atoms with Crippen molar-refractivity contribution in [3.63, 3.8) is 0 Å². The van der Waals surface area contributed by atoms with E-state index in [4.69, 9.17) is 11.5 Å². The van der Waals surface area contributed by atoms with Crippen LogP contribution in [0.2, 0.25) is 0 Å². The van der Waals surface area contributed by atoms with E-state index in [0.717, 1.165) is 54.5 Å². The average molecular weight is 1090 g/mol. The first-order chi connectivity index (χ1) is 37.2. The zero-order valence-corrected chi connectivity index (χ0v) is 40.8. The average Bonchev–Trinajstić information content (AvgIpc) is 3.42. The van der Waals surface area contributed by atoms with Gasteiger partial charge < -0.3 is 42.2 Å². The zero-order valence-electron chi connectivity index (χ0n) is 40.8. The maximum absolute atomic E-state index is 11.3. The predicted molar refractivity (Wildman–Crippen MR) is 286 cm³/mol. The second-order valence-electron chi connectivity index (χ2n) is 15.6. The summed E-state index contributed by atoms with van der Waals surface area (Å²) in [6, 6.07) is 45.0. The summed E-state index contributed by atoms with van der Waals surface area (Å²) in [5, 5.41) is 91.1. The third kappa shape index (κ3) is 17.0. The molecule has 10 aromatic rings. The van der Waals surface area contributed by atoms with Gasteiger partial charge in [-0.3, -0.25) is 60.7 Å². The number of hydrogen-bond acceptors (Lipinski definition) is 18. The molecule has 2 heterocycles. The molecule has 2 aromatic heterocycles. The molecule has 0 aliphatic carbocycles. The molecule has 408 valence electrons. The standard InChI is InChI=1S/2C15H10O2.2C6H3N3O6.2C5H6N2.2H2O/c2*16-15(17)14-12-7-3-1-5-10(12)9-11-6-2-4-8-13(11)14;2*10-7(11)4-1-5(8(12)13)3-6(2-4)9(14)15;2*6-5-1-3-7-4-2-5;;/h2*1-9H,(H,16,17);2*1-3H;2*1-4H,(H2,6,7);2*1H2. The van der Waals surface area contributed by atoms with Crippen LogP contribution >= 0.6 is 0 Å². The van der Waals surface area contributed by atoms with E-state index < -0.39 is 75.6 Å². The number of carbonyl (C=O) groups excluding carboxylic acids is 2. The number of aromatic carboxylic acids is 2. The van der Waals surface area contributed by atoms with E-state index in [1.165, 1.54) is 0 Å². The second kappa shape index (κ2) is 29.2. The number of aromatic nitrogens is 2. The summed E-state index contributed by atoms with van der Waals surface area (Å²) in [7, 11) is 0. The van der Waals surface area contributed by atoms with Crippen LogP contribution in [0, 0.1) is 60.7 Å². The number of anilines is 2. The van der Waals surface area contributed by atoms with Crippen LogP contribution in [0.1, 0.15) is 20.7 Å². The number of nitro groups is 6. The Labute approximate surface area is 447 Å². The molecule has 10 rings (SSSR count). The number of nitrogen functional groups attached to an aromatic ring is 2. The zero-order chi connectivity index (χ0) is 57.1. The number of fused-ring (bicyclic) bond motifs is 4. The Kier molecular flexibility index (Phi) is 22.7. The highest BCUT2D eigenvalue weighted by Gasteiger charge is 2.23. The number of aromatic amines is 2. The first kappa shape index (κ1) is 62.3. The van der Waals surface area contributed by atoms with Gasteiger partial charge in [0.2, 0.25) is 0 Å². The third-order valence-electron chi connectivity index (χ3n) is 10.5. The van der Waals surface area contributed by atoms with E-state index in [9.17, 15) is 80.5 Å². The van der Waals surface area contributed by atoms with Gasteiger partial charge in [-0.25, -0.2) is 9.97 Å². The molecular formula is C52H42N10O18. The lowest BCUT2D eigenvalue weighted by molar-refractivity contribution is -0.403. The number of non-ortho nitro benzene ring substituents is 6. The molecule has 0 radical (unpaired) electrons. The van der Waals surface area contributed by atoms with E-state index in [0.29, 0.717) is 36.4 Å². The Balaban J connectivity index is 0.000000258. The fourth-order valence-electron chi connectivity index (χ4n) is 7.06. The molecule has 28 heteroatoms. The van der Waals surface area contributed by atoms with Crippen LogP contribution in [0.15, 0.2) is 195 Å². The fourth-order valence-corrected chi connectivity index (χ4v) is 7.06. The van der Waals surface area contributed by atoms with Crippen LogP contribution in [0.4, 0.5) is 45.5 Å². The summed E-state index contributed by atoms with van der Waals surface area (Å²) in [5.74, 6) is -2.25. The van der Waals surface area contributed by atoms with Crippen molar-refractivity contribution in [3.05, 3.63) is 266 Å². The number of carboxylic acids is 2. The number of benzene rings is 8. The quantitative estimate of drug-likeness (QED) is 0.0992. The molecule has 0 aliphatic rings. The molecule has 80 heavy (non-hydrogen) atoms. The van der Waals surface area contributed by atoms with Gasteiger partial charge in [0, 0.05) is 46.8 Å². The van der Waals surface area contributed by atoms with Crippen molar-refractivity contribution < 1.29 is 70.3 Å². The molecule has 0 aliphatic heterocycles. The number of pyridine rings is 2. The fraction of sp³-hybridized carbons (Fsp3) is 0. The lowest BCUT2D eigenvalue weighted by atomic mass is 9.97. The van der Waals surface area contributed by atoms with Gasteiger partial charge >= 0.3 is 0 Å². The summed E-state index contributed by atoms with van der Waals surface area (Å²) >= 11 is 0. The first-order valence-corrected chi connectivity index (χ1v) is 22.0. The number of carboxylic acid groups (broad SMARTS) is 2. The number of nitrogens with one attached hydrogen (secondary N) is 2. The minimum Gasteiger partial charge on any atom is -0.545 e. The van der Waals surface area contributed by atoms with Crippen LogP contribution in [0.5, 0.6) is 0 Å². The topological polar surface area (TPSA) is 482 Å². The van der Waals surface area contributed by atoms with Crippen molar-refractivity contribution in [3.8, 4) is 0 Å². The Morgan fingerprint density at radius 2 is 0.512 bits per heavy atom. The highest BCUT2D eigenvalue weighted by Crippen LogP contribution is 2.31. The first-order valence-electron chi connectivity index (χ1n) is 22.0. The van der Waals surface area contributed by atoms with E-state index in [-0.39, 0.29) is 22.1 Å². The van der Waals surface area contributed by atoms with Crippen molar-refractivity contribution in [2.45, 2.75) is 0 Å². The van der Waals surface area contributed by atoms with Crippen molar-refractivity contribution in [1.29, 1.82) is 0 Å². The number of H-pyrrole nitrogens is 2. The summed E-state index contributed by atoms with van der Waals surface area (Å²) in [5.41, 5.74) is 8.70. The van der Waals surface area contributed by atoms with Crippen LogP contribution < -0.4 is 31.6 Å². The Morgan fingerprint density at radius 1 is 0.325 bits per heavy atom. The van der Waals surface area contributed by atoms with E-state index in [1.807, 2.05) is 109 Å². The molecule has 0 atom stereocenters. The number of nitrogens with zero attached hydrogens (tertiary/aromatic N) is 6. The molecule has 10 N–H and O–H groups in total. The van der Waals surface area contributed by atoms with Crippen LogP contribution in [0.25, 0.3) is 43.1 Å². The molecule has 0 unspecified atom stereocenters. The van der Waals surface area contributed by atoms with Gasteiger partial charge in [-0.05, 0) is 55.2 Å². The van der Waals surface area contributed by atoms with Gasteiger partial charge in [0.05, 0.1) is 77.9 Å². The van der Waals surface area contributed by atoms with E-state index in [1.54, 1.807) is 49.1 Å². The maximum Gasteiger partial charge on any atom is 0.283 e.